The van der Waals surface area contributed by atoms with Crippen LogP contribution in [-0.4, -0.2) is 18.5 Å². The zero-order valence-corrected chi connectivity index (χ0v) is 14.5. The van der Waals surface area contributed by atoms with Crippen molar-refractivity contribution in [1.82, 2.24) is 0 Å². The van der Waals surface area contributed by atoms with Crippen molar-refractivity contribution in [2.24, 2.45) is 4.99 Å². The summed E-state index contributed by atoms with van der Waals surface area (Å²) in [6.45, 7) is 4.73. The van der Waals surface area contributed by atoms with Crippen LogP contribution in [0.25, 0.3) is 6.08 Å². The molecule has 0 bridgehead atoms. The Hall–Kier alpha value is -2.88. The molecule has 0 radical (unpaired) electrons. The molecule has 0 aromatic heterocycles. The molecule has 1 aliphatic heterocycles. The van der Waals surface area contributed by atoms with E-state index in [0.717, 1.165) is 35.3 Å². The molecule has 0 unspecified atom stereocenters. The van der Waals surface area contributed by atoms with E-state index in [2.05, 4.69) is 11.9 Å². The molecule has 0 atom stereocenters. The first kappa shape index (κ1) is 17.0. The van der Waals surface area contributed by atoms with Gasteiger partial charge in [-0.1, -0.05) is 49.7 Å². The van der Waals surface area contributed by atoms with E-state index in [4.69, 9.17) is 9.47 Å². The van der Waals surface area contributed by atoms with Crippen LogP contribution in [0.15, 0.2) is 59.2 Å². The number of hydrogen-bond acceptors (Lipinski definition) is 4. The van der Waals surface area contributed by atoms with E-state index in [1.807, 2.05) is 55.5 Å². The van der Waals surface area contributed by atoms with Gasteiger partial charge in [-0.15, -0.1) is 0 Å². The first-order chi connectivity index (χ1) is 12.2. The average Bonchev–Trinajstić information content (AvgIpc) is 2.97. The number of benzene rings is 2. The molecule has 0 saturated carbocycles. The highest BCUT2D eigenvalue weighted by Gasteiger charge is 2.25. The van der Waals surface area contributed by atoms with Gasteiger partial charge in [-0.25, -0.2) is 9.79 Å². The van der Waals surface area contributed by atoms with E-state index in [1.54, 1.807) is 6.08 Å². The molecule has 0 fully saturated rings. The number of aryl methyl sites for hydroxylation is 1. The summed E-state index contributed by atoms with van der Waals surface area (Å²) in [6, 6.07) is 15.3. The molecule has 4 nitrogen and oxygen atoms in total. The van der Waals surface area contributed by atoms with Crippen LogP contribution in [0.4, 0.5) is 0 Å². The third kappa shape index (κ3) is 3.97. The Bertz CT molecular complexity index is 837. The van der Waals surface area contributed by atoms with Crippen molar-refractivity contribution in [3.05, 3.63) is 70.9 Å². The fourth-order valence-corrected chi connectivity index (χ4v) is 2.54. The second-order valence-corrected chi connectivity index (χ2v) is 5.89. The molecular formula is C21H21NO3. The predicted molar refractivity (Wildman–Crippen MR) is 98.6 cm³/mol. The molecule has 0 N–H and O–H groups in total. The van der Waals surface area contributed by atoms with E-state index in [0.29, 0.717) is 12.5 Å². The van der Waals surface area contributed by atoms with Crippen molar-refractivity contribution < 1.29 is 14.3 Å². The van der Waals surface area contributed by atoms with Crippen LogP contribution in [0.1, 0.15) is 36.5 Å². The monoisotopic (exact) mass is 335 g/mol. The number of unbranched alkanes of at least 4 members (excludes halogenated alkanes) is 1. The van der Waals surface area contributed by atoms with Gasteiger partial charge in [-0.3, -0.25) is 0 Å². The summed E-state index contributed by atoms with van der Waals surface area (Å²) in [5, 5.41) is 0. The molecule has 1 heterocycles. The van der Waals surface area contributed by atoms with E-state index in [9.17, 15) is 4.79 Å². The van der Waals surface area contributed by atoms with Crippen LogP contribution in [0.2, 0.25) is 0 Å². The minimum absolute atomic E-state index is 0.282. The lowest BCUT2D eigenvalue weighted by Crippen LogP contribution is -2.06. The molecule has 0 saturated heterocycles. The Labute approximate surface area is 147 Å². The van der Waals surface area contributed by atoms with Crippen LogP contribution in [0.5, 0.6) is 5.75 Å². The zero-order valence-electron chi connectivity index (χ0n) is 14.5. The molecule has 4 heteroatoms. The summed E-state index contributed by atoms with van der Waals surface area (Å²) in [5.41, 5.74) is 2.94. The number of carbonyl (C=O) groups excluding carboxylic acids is 1. The molecule has 2 aromatic carbocycles. The van der Waals surface area contributed by atoms with Crippen LogP contribution in [0, 0.1) is 6.92 Å². The lowest BCUT2D eigenvalue weighted by atomic mass is 10.1. The van der Waals surface area contributed by atoms with Gasteiger partial charge in [0, 0.05) is 11.1 Å². The summed E-state index contributed by atoms with van der Waals surface area (Å²) in [4.78, 5) is 16.6. The second-order valence-electron chi connectivity index (χ2n) is 5.89. The van der Waals surface area contributed by atoms with Gasteiger partial charge in [0.1, 0.15) is 5.75 Å². The highest BCUT2D eigenvalue weighted by Crippen LogP contribution is 2.25. The number of para-hydroxylation sites is 1. The topological polar surface area (TPSA) is 47.9 Å². The van der Waals surface area contributed by atoms with Gasteiger partial charge in [0.2, 0.25) is 5.90 Å². The highest BCUT2D eigenvalue weighted by atomic mass is 16.6. The van der Waals surface area contributed by atoms with Gasteiger partial charge < -0.3 is 9.47 Å². The Morgan fingerprint density at radius 1 is 1.12 bits per heavy atom. The number of cyclic esters (lactones) is 1. The number of rotatable bonds is 6. The summed E-state index contributed by atoms with van der Waals surface area (Å²) in [5.74, 6) is 0.649. The number of carbonyl (C=O) groups is 1. The number of esters is 1. The SMILES string of the molecule is CCCCOc1ccccc1/C=C1\N=C(c2ccccc2C)OC1=O. The predicted octanol–water partition coefficient (Wildman–Crippen LogP) is 4.52. The van der Waals surface area contributed by atoms with E-state index >= 15 is 0 Å². The Kier molecular flexibility index (Phi) is 5.29. The van der Waals surface area contributed by atoms with Gasteiger partial charge >= 0.3 is 5.97 Å². The van der Waals surface area contributed by atoms with Crippen LogP contribution < -0.4 is 4.74 Å². The van der Waals surface area contributed by atoms with E-state index < -0.39 is 5.97 Å². The Balaban J connectivity index is 1.89. The van der Waals surface area contributed by atoms with Gasteiger partial charge in [0.25, 0.3) is 0 Å². The summed E-state index contributed by atoms with van der Waals surface area (Å²) in [6.07, 6.45) is 3.77. The zero-order chi connectivity index (χ0) is 17.6. The largest absolute Gasteiger partial charge is 0.493 e. The van der Waals surface area contributed by atoms with E-state index in [-0.39, 0.29) is 5.70 Å². The number of nitrogens with zero attached hydrogens (tertiary/aromatic N) is 1. The number of hydrogen-bond donors (Lipinski definition) is 0. The normalized spacial score (nSPS) is 15.2. The van der Waals surface area contributed by atoms with Gasteiger partial charge in [-0.2, -0.15) is 0 Å². The van der Waals surface area contributed by atoms with Crippen molar-refractivity contribution >= 4 is 17.9 Å². The lowest BCUT2D eigenvalue weighted by molar-refractivity contribution is -0.129. The van der Waals surface area contributed by atoms with Crippen molar-refractivity contribution in [3.63, 3.8) is 0 Å². The fourth-order valence-electron chi connectivity index (χ4n) is 2.54. The Morgan fingerprint density at radius 2 is 1.88 bits per heavy atom. The summed E-state index contributed by atoms with van der Waals surface area (Å²) < 4.78 is 11.2. The molecule has 0 spiro atoms. The molecular weight excluding hydrogens is 314 g/mol. The first-order valence-corrected chi connectivity index (χ1v) is 8.49. The molecule has 0 aliphatic carbocycles. The fraction of sp³-hybridized carbons (Fsp3) is 0.238. The summed E-state index contributed by atoms with van der Waals surface area (Å²) in [7, 11) is 0. The lowest BCUT2D eigenvalue weighted by Gasteiger charge is -2.08. The van der Waals surface area contributed by atoms with Crippen molar-refractivity contribution in [2.75, 3.05) is 6.61 Å². The van der Waals surface area contributed by atoms with Crippen molar-refractivity contribution in [3.8, 4) is 5.75 Å². The van der Waals surface area contributed by atoms with Gasteiger partial charge in [0.05, 0.1) is 6.61 Å². The third-order valence-electron chi connectivity index (χ3n) is 3.96. The molecule has 1 aliphatic rings. The van der Waals surface area contributed by atoms with Crippen molar-refractivity contribution in [2.45, 2.75) is 26.7 Å². The summed E-state index contributed by atoms with van der Waals surface area (Å²) >= 11 is 0. The van der Waals surface area contributed by atoms with Gasteiger partial charge in [-0.05, 0) is 37.1 Å². The molecule has 2 aromatic rings. The van der Waals surface area contributed by atoms with Crippen LogP contribution >= 0.6 is 0 Å². The number of aliphatic imine (C=N–C) groups is 1. The highest BCUT2D eigenvalue weighted by molar-refractivity contribution is 6.13. The quantitative estimate of drug-likeness (QED) is 0.443. The molecule has 25 heavy (non-hydrogen) atoms. The number of ether oxygens (including phenoxy) is 2. The minimum Gasteiger partial charge on any atom is -0.493 e. The van der Waals surface area contributed by atoms with Gasteiger partial charge in [0.15, 0.2) is 5.70 Å². The van der Waals surface area contributed by atoms with E-state index in [1.165, 1.54) is 0 Å². The van der Waals surface area contributed by atoms with Crippen LogP contribution in [-0.2, 0) is 9.53 Å². The average molecular weight is 335 g/mol. The molecule has 0 amide bonds. The third-order valence-corrected chi connectivity index (χ3v) is 3.96. The maximum Gasteiger partial charge on any atom is 0.363 e. The minimum atomic E-state index is -0.443. The standard InChI is InChI=1S/C21H21NO3/c1-3-4-13-24-19-12-8-6-10-16(19)14-18-21(23)25-20(22-18)17-11-7-5-9-15(17)2/h5-12,14H,3-4,13H2,1-2H3/b18-14-. The maximum atomic E-state index is 12.2. The maximum absolute atomic E-state index is 12.2. The smallest absolute Gasteiger partial charge is 0.363 e. The first-order valence-electron chi connectivity index (χ1n) is 8.49. The molecule has 128 valence electrons. The van der Waals surface area contributed by atoms with Crippen molar-refractivity contribution in [1.29, 1.82) is 0 Å². The molecule has 3 rings (SSSR count). The second kappa shape index (κ2) is 7.79. The van der Waals surface area contributed by atoms with Crippen LogP contribution in [0.3, 0.4) is 0 Å². The Morgan fingerprint density at radius 3 is 2.68 bits per heavy atom.